The van der Waals surface area contributed by atoms with Crippen LogP contribution in [0.5, 0.6) is 0 Å². The maximum absolute atomic E-state index is 12.2. The molecule has 0 saturated heterocycles. The van der Waals surface area contributed by atoms with Gasteiger partial charge in [-0.3, -0.25) is 4.79 Å². The van der Waals surface area contributed by atoms with E-state index in [-0.39, 0.29) is 10.8 Å². The smallest absolute Gasteiger partial charge is 0.139 e. The molecule has 0 aliphatic heterocycles. The van der Waals surface area contributed by atoms with Gasteiger partial charge in [0.2, 0.25) is 0 Å². The molecular weight excluding hydrogens is 172 g/mol. The fraction of sp³-hybridized carbons (Fsp3) is 0.923. The molecule has 14 heavy (non-hydrogen) atoms. The highest BCUT2D eigenvalue weighted by atomic mass is 16.1. The summed E-state index contributed by atoms with van der Waals surface area (Å²) in [6.45, 7) is 8.78. The van der Waals surface area contributed by atoms with Crippen LogP contribution < -0.4 is 0 Å². The predicted octanol–water partition coefficient (Wildman–Crippen LogP) is 3.96. The molecule has 0 amide bonds. The molecule has 0 aromatic carbocycles. The second kappa shape index (κ2) is 4.04. The molecule has 0 unspecified atom stereocenters. The Morgan fingerprint density at radius 3 is 2.07 bits per heavy atom. The Morgan fingerprint density at radius 2 is 1.71 bits per heavy atom. The van der Waals surface area contributed by atoms with Crippen LogP contribution in [0.25, 0.3) is 0 Å². The van der Waals surface area contributed by atoms with Crippen molar-refractivity contribution in [1.29, 1.82) is 0 Å². The van der Waals surface area contributed by atoms with E-state index in [0.717, 1.165) is 25.7 Å². The van der Waals surface area contributed by atoms with Gasteiger partial charge < -0.3 is 0 Å². The highest BCUT2D eigenvalue weighted by molar-refractivity contribution is 5.85. The van der Waals surface area contributed by atoms with E-state index in [1.54, 1.807) is 0 Å². The summed E-state index contributed by atoms with van der Waals surface area (Å²) in [4.78, 5) is 12.2. The minimum absolute atomic E-state index is 0.00299. The topological polar surface area (TPSA) is 17.1 Å². The number of hydrogen-bond acceptors (Lipinski definition) is 1. The van der Waals surface area contributed by atoms with Crippen molar-refractivity contribution in [3.63, 3.8) is 0 Å². The Bertz CT molecular complexity index is 204. The van der Waals surface area contributed by atoms with E-state index in [9.17, 15) is 4.79 Å². The van der Waals surface area contributed by atoms with Gasteiger partial charge in [0.05, 0.1) is 0 Å². The summed E-state index contributed by atoms with van der Waals surface area (Å²) >= 11 is 0. The van der Waals surface area contributed by atoms with Crippen molar-refractivity contribution < 1.29 is 4.79 Å². The zero-order valence-corrected chi connectivity index (χ0v) is 10.2. The number of carbonyl (C=O) groups is 1. The Balaban J connectivity index is 2.87. The molecule has 0 atom stereocenters. The number of ketones is 1. The maximum Gasteiger partial charge on any atom is 0.139 e. The molecule has 82 valence electrons. The molecular formula is C13H24O. The molecule has 1 nitrogen and oxygen atoms in total. The molecule has 1 saturated carbocycles. The van der Waals surface area contributed by atoms with Crippen molar-refractivity contribution in [2.24, 2.45) is 10.8 Å². The molecule has 0 aromatic heterocycles. The summed E-state index contributed by atoms with van der Waals surface area (Å²) in [5, 5.41) is 0. The van der Waals surface area contributed by atoms with Gasteiger partial charge in [-0.2, -0.15) is 0 Å². The third-order valence-corrected chi connectivity index (χ3v) is 3.90. The third-order valence-electron chi connectivity index (χ3n) is 3.90. The number of hydrogen-bond donors (Lipinski definition) is 0. The van der Waals surface area contributed by atoms with Crippen LogP contribution in [0.1, 0.15) is 66.2 Å². The normalized spacial score (nSPS) is 21.1. The summed E-state index contributed by atoms with van der Waals surface area (Å²) in [7, 11) is 0. The summed E-state index contributed by atoms with van der Waals surface area (Å²) in [5.41, 5.74) is 0.152. The molecule has 0 spiro atoms. The summed E-state index contributed by atoms with van der Waals surface area (Å²) in [6.07, 6.45) is 6.50. The first-order valence-electron chi connectivity index (χ1n) is 5.97. The second-order valence-electron chi connectivity index (χ2n) is 5.71. The van der Waals surface area contributed by atoms with Crippen molar-refractivity contribution in [1.82, 2.24) is 0 Å². The van der Waals surface area contributed by atoms with Crippen LogP contribution in [-0.2, 0) is 4.79 Å². The van der Waals surface area contributed by atoms with Crippen molar-refractivity contribution in [3.05, 3.63) is 0 Å². The lowest BCUT2D eigenvalue weighted by Gasteiger charge is -2.40. The lowest BCUT2D eigenvalue weighted by molar-refractivity contribution is -0.134. The van der Waals surface area contributed by atoms with Gasteiger partial charge in [0.25, 0.3) is 0 Å². The molecule has 0 aromatic rings. The molecule has 1 rings (SSSR count). The van der Waals surface area contributed by atoms with Crippen LogP contribution in [0.2, 0.25) is 0 Å². The number of Topliss-reactive ketones (excluding diaryl/α,β-unsaturated/α-hetero) is 1. The van der Waals surface area contributed by atoms with Crippen LogP contribution in [0.15, 0.2) is 0 Å². The van der Waals surface area contributed by atoms with Gasteiger partial charge in [-0.1, -0.05) is 40.5 Å². The predicted molar refractivity (Wildman–Crippen MR) is 60.3 cm³/mol. The van der Waals surface area contributed by atoms with Gasteiger partial charge in [0.15, 0.2) is 0 Å². The first kappa shape index (κ1) is 11.7. The minimum atomic E-state index is 0.00299. The van der Waals surface area contributed by atoms with Gasteiger partial charge in [0, 0.05) is 11.8 Å². The Hall–Kier alpha value is -0.330. The lowest BCUT2D eigenvalue weighted by Crippen LogP contribution is -2.40. The summed E-state index contributed by atoms with van der Waals surface area (Å²) < 4.78 is 0. The maximum atomic E-state index is 12.2. The van der Waals surface area contributed by atoms with E-state index in [1.165, 1.54) is 12.8 Å². The first-order chi connectivity index (χ1) is 6.44. The summed E-state index contributed by atoms with van der Waals surface area (Å²) in [5.74, 6) is 0.519. The van der Waals surface area contributed by atoms with E-state index in [1.807, 2.05) is 0 Å². The monoisotopic (exact) mass is 196 g/mol. The van der Waals surface area contributed by atoms with Crippen LogP contribution in [0.3, 0.4) is 0 Å². The number of carbonyl (C=O) groups excluding carboxylic acids is 1. The van der Waals surface area contributed by atoms with E-state index in [2.05, 4.69) is 27.7 Å². The minimum Gasteiger partial charge on any atom is -0.299 e. The van der Waals surface area contributed by atoms with E-state index >= 15 is 0 Å². The third kappa shape index (κ3) is 1.87. The van der Waals surface area contributed by atoms with E-state index < -0.39 is 0 Å². The fourth-order valence-electron chi connectivity index (χ4n) is 2.89. The quantitative estimate of drug-likeness (QED) is 0.667. The number of rotatable bonds is 3. The van der Waals surface area contributed by atoms with Crippen molar-refractivity contribution >= 4 is 5.78 Å². The summed E-state index contributed by atoms with van der Waals surface area (Å²) in [6, 6.07) is 0. The van der Waals surface area contributed by atoms with Crippen molar-refractivity contribution in [3.8, 4) is 0 Å². The molecule has 1 aliphatic rings. The van der Waals surface area contributed by atoms with Crippen molar-refractivity contribution in [2.75, 3.05) is 0 Å². The van der Waals surface area contributed by atoms with E-state index in [0.29, 0.717) is 5.78 Å². The Labute approximate surface area is 88.3 Å². The largest absolute Gasteiger partial charge is 0.299 e. The van der Waals surface area contributed by atoms with E-state index in [4.69, 9.17) is 0 Å². The van der Waals surface area contributed by atoms with Gasteiger partial charge in [-0.25, -0.2) is 0 Å². The fourth-order valence-corrected chi connectivity index (χ4v) is 2.89. The highest BCUT2D eigenvalue weighted by Gasteiger charge is 2.48. The second-order valence-corrected chi connectivity index (χ2v) is 5.71. The van der Waals surface area contributed by atoms with Gasteiger partial charge >= 0.3 is 0 Å². The molecule has 1 aliphatic carbocycles. The lowest BCUT2D eigenvalue weighted by atomic mass is 9.62. The average Bonchev–Trinajstić information content (AvgIpc) is 2.51. The van der Waals surface area contributed by atoms with Crippen LogP contribution >= 0.6 is 0 Å². The zero-order valence-electron chi connectivity index (χ0n) is 10.2. The van der Waals surface area contributed by atoms with Crippen LogP contribution in [-0.4, -0.2) is 5.78 Å². The van der Waals surface area contributed by atoms with Crippen LogP contribution in [0.4, 0.5) is 0 Å². The molecule has 0 bridgehead atoms. The van der Waals surface area contributed by atoms with Crippen LogP contribution in [0, 0.1) is 10.8 Å². The molecule has 0 radical (unpaired) electrons. The first-order valence-corrected chi connectivity index (χ1v) is 5.97. The van der Waals surface area contributed by atoms with Gasteiger partial charge in [-0.05, 0) is 24.7 Å². The molecule has 0 N–H and O–H groups in total. The Kier molecular flexibility index (Phi) is 3.39. The van der Waals surface area contributed by atoms with Crippen molar-refractivity contribution in [2.45, 2.75) is 66.2 Å². The molecule has 0 heterocycles. The highest BCUT2D eigenvalue weighted by Crippen LogP contribution is 2.52. The van der Waals surface area contributed by atoms with Gasteiger partial charge in [-0.15, -0.1) is 0 Å². The van der Waals surface area contributed by atoms with Gasteiger partial charge in [0.1, 0.15) is 5.78 Å². The average molecular weight is 196 g/mol. The SMILES string of the molecule is CCCC(=O)C1(C(C)(C)C)CCCC1. The standard InChI is InChI=1S/C13H24O/c1-5-8-11(14)13(12(2,3)4)9-6-7-10-13/h5-10H2,1-4H3. The zero-order chi connectivity index (χ0) is 10.8. The molecule has 1 fully saturated rings. The Morgan fingerprint density at radius 1 is 1.21 bits per heavy atom. The molecule has 1 heteroatoms.